The molecule has 1 atom stereocenters. The van der Waals surface area contributed by atoms with E-state index in [4.69, 9.17) is 4.74 Å². The summed E-state index contributed by atoms with van der Waals surface area (Å²) >= 11 is 0. The molecule has 1 aromatic carbocycles. The van der Waals surface area contributed by atoms with Crippen LogP contribution in [0.2, 0.25) is 0 Å². The Hall–Kier alpha value is -0.620. The lowest BCUT2D eigenvalue weighted by molar-refractivity contribution is 0.0181. The van der Waals surface area contributed by atoms with Gasteiger partial charge in [-0.1, -0.05) is 12.1 Å². The van der Waals surface area contributed by atoms with E-state index in [0.717, 1.165) is 30.8 Å². The molecule has 0 aromatic heterocycles. The average molecular weight is 341 g/mol. The third kappa shape index (κ3) is 3.97. The summed E-state index contributed by atoms with van der Waals surface area (Å²) in [6.45, 7) is 3.55. The molecule has 7 heteroatoms. The molecule has 0 unspecified atom stereocenters. The zero-order valence-electron chi connectivity index (χ0n) is 11.6. The fourth-order valence-electron chi connectivity index (χ4n) is 2.87. The minimum Gasteiger partial charge on any atom is -0.493 e. The van der Waals surface area contributed by atoms with Crippen LogP contribution in [0.15, 0.2) is 18.2 Å². The first kappa shape index (κ1) is 18.4. The van der Waals surface area contributed by atoms with Crippen LogP contribution in [-0.4, -0.2) is 44.1 Å². The van der Waals surface area contributed by atoms with Gasteiger partial charge in [0.15, 0.2) is 0 Å². The van der Waals surface area contributed by atoms with Crippen molar-refractivity contribution in [1.82, 2.24) is 10.2 Å². The van der Waals surface area contributed by atoms with E-state index in [2.05, 4.69) is 5.32 Å². The van der Waals surface area contributed by atoms with E-state index in [-0.39, 0.29) is 24.8 Å². The van der Waals surface area contributed by atoms with Crippen molar-refractivity contribution in [3.05, 3.63) is 29.3 Å². The SMILES string of the molecule is Cl.Cl.FC(F)[C@H](c1ccc2c(c1)CCO2)N1CCNCC1. The third-order valence-electron chi connectivity index (χ3n) is 3.84. The molecule has 2 aliphatic rings. The smallest absolute Gasteiger partial charge is 0.258 e. The van der Waals surface area contributed by atoms with Gasteiger partial charge in [0.05, 0.1) is 12.6 Å². The molecule has 0 amide bonds. The number of hydrogen-bond acceptors (Lipinski definition) is 3. The first-order chi connectivity index (χ1) is 9.25. The largest absolute Gasteiger partial charge is 0.493 e. The lowest BCUT2D eigenvalue weighted by Crippen LogP contribution is -2.46. The topological polar surface area (TPSA) is 24.5 Å². The highest BCUT2D eigenvalue weighted by atomic mass is 35.5. The van der Waals surface area contributed by atoms with Crippen LogP contribution in [0.1, 0.15) is 17.2 Å². The quantitative estimate of drug-likeness (QED) is 0.915. The van der Waals surface area contributed by atoms with Crippen LogP contribution in [0.4, 0.5) is 8.78 Å². The minimum absolute atomic E-state index is 0. The summed E-state index contributed by atoms with van der Waals surface area (Å²) in [7, 11) is 0. The molecule has 0 aliphatic carbocycles. The van der Waals surface area contributed by atoms with Crippen LogP contribution in [0.25, 0.3) is 0 Å². The molecule has 3 nitrogen and oxygen atoms in total. The van der Waals surface area contributed by atoms with Crippen molar-refractivity contribution in [3.8, 4) is 5.75 Å². The average Bonchev–Trinajstić information content (AvgIpc) is 2.87. The molecular weight excluding hydrogens is 321 g/mol. The molecule has 0 saturated carbocycles. The fraction of sp³-hybridized carbons (Fsp3) is 0.571. The Morgan fingerprint density at radius 1 is 1.14 bits per heavy atom. The molecule has 1 saturated heterocycles. The second kappa shape index (κ2) is 8.13. The van der Waals surface area contributed by atoms with Crippen LogP contribution in [0.3, 0.4) is 0 Å². The number of nitrogens with zero attached hydrogens (tertiary/aromatic N) is 1. The van der Waals surface area contributed by atoms with Gasteiger partial charge in [0, 0.05) is 32.6 Å². The molecule has 1 N–H and O–H groups in total. The van der Waals surface area contributed by atoms with Crippen LogP contribution < -0.4 is 10.1 Å². The van der Waals surface area contributed by atoms with Crippen LogP contribution in [0, 0.1) is 0 Å². The van der Waals surface area contributed by atoms with Gasteiger partial charge in [-0.2, -0.15) is 0 Å². The van der Waals surface area contributed by atoms with Gasteiger partial charge in [-0.25, -0.2) is 8.78 Å². The first-order valence-electron chi connectivity index (χ1n) is 6.74. The number of halogens is 4. The lowest BCUT2D eigenvalue weighted by atomic mass is 10.0. The van der Waals surface area contributed by atoms with E-state index in [1.165, 1.54) is 0 Å². The van der Waals surface area contributed by atoms with Crippen molar-refractivity contribution in [1.29, 1.82) is 0 Å². The summed E-state index contributed by atoms with van der Waals surface area (Å²) < 4.78 is 32.3. The highest BCUT2D eigenvalue weighted by Gasteiger charge is 2.30. The Labute approximate surface area is 135 Å². The highest BCUT2D eigenvalue weighted by molar-refractivity contribution is 5.85. The van der Waals surface area contributed by atoms with E-state index in [0.29, 0.717) is 25.3 Å². The summed E-state index contributed by atoms with van der Waals surface area (Å²) in [5.41, 5.74) is 1.76. The monoisotopic (exact) mass is 340 g/mol. The van der Waals surface area contributed by atoms with Crippen molar-refractivity contribution >= 4 is 24.8 Å². The third-order valence-corrected chi connectivity index (χ3v) is 3.84. The van der Waals surface area contributed by atoms with Gasteiger partial charge in [-0.05, 0) is 17.2 Å². The maximum absolute atomic E-state index is 13.4. The first-order valence-corrected chi connectivity index (χ1v) is 6.74. The molecule has 2 aliphatic heterocycles. The molecule has 0 radical (unpaired) electrons. The van der Waals surface area contributed by atoms with E-state index >= 15 is 0 Å². The van der Waals surface area contributed by atoms with Crippen LogP contribution >= 0.6 is 24.8 Å². The van der Waals surface area contributed by atoms with Crippen molar-refractivity contribution < 1.29 is 13.5 Å². The highest BCUT2D eigenvalue weighted by Crippen LogP contribution is 2.33. The van der Waals surface area contributed by atoms with Gasteiger partial charge in [-0.15, -0.1) is 24.8 Å². The molecule has 21 heavy (non-hydrogen) atoms. The van der Waals surface area contributed by atoms with Gasteiger partial charge in [-0.3, -0.25) is 4.90 Å². The standard InChI is InChI=1S/C14H18F2N2O.2ClH/c15-14(16)13(18-6-4-17-5-7-18)11-1-2-12-10(9-11)3-8-19-12;;/h1-2,9,13-14,17H,3-8H2;2*1H/t13-;;/m0../s1. The molecular formula is C14H20Cl2F2N2O. The van der Waals surface area contributed by atoms with Crippen LogP contribution in [-0.2, 0) is 6.42 Å². The maximum atomic E-state index is 13.4. The predicted octanol–water partition coefficient (Wildman–Crippen LogP) is 2.68. The number of ether oxygens (including phenoxy) is 1. The minimum atomic E-state index is -2.36. The maximum Gasteiger partial charge on any atom is 0.258 e. The van der Waals surface area contributed by atoms with Gasteiger partial charge in [0.2, 0.25) is 0 Å². The number of piperazine rings is 1. The normalized spacial score (nSPS) is 19.2. The number of hydrogen-bond donors (Lipinski definition) is 1. The van der Waals surface area contributed by atoms with Crippen LogP contribution in [0.5, 0.6) is 5.75 Å². The van der Waals surface area contributed by atoms with Crippen molar-refractivity contribution in [2.45, 2.75) is 18.9 Å². The second-order valence-corrected chi connectivity index (χ2v) is 5.03. The Kier molecular flexibility index (Phi) is 7.13. The van der Waals surface area contributed by atoms with E-state index in [9.17, 15) is 8.78 Å². The summed E-state index contributed by atoms with van der Waals surface area (Å²) in [6, 6.07) is 4.70. The summed E-state index contributed by atoms with van der Waals surface area (Å²) in [4.78, 5) is 1.87. The zero-order valence-corrected chi connectivity index (χ0v) is 13.2. The fourth-order valence-corrected chi connectivity index (χ4v) is 2.87. The Morgan fingerprint density at radius 2 is 1.86 bits per heavy atom. The summed E-state index contributed by atoms with van der Waals surface area (Å²) in [5, 5.41) is 3.20. The van der Waals surface area contributed by atoms with Crippen molar-refractivity contribution in [2.75, 3.05) is 32.8 Å². The molecule has 2 heterocycles. The zero-order chi connectivity index (χ0) is 13.2. The molecule has 0 spiro atoms. The van der Waals surface area contributed by atoms with E-state index < -0.39 is 12.5 Å². The molecule has 0 bridgehead atoms. The van der Waals surface area contributed by atoms with Gasteiger partial charge in [0.25, 0.3) is 6.43 Å². The molecule has 120 valence electrons. The number of alkyl halides is 2. The van der Waals surface area contributed by atoms with Gasteiger partial charge in [0.1, 0.15) is 5.75 Å². The second-order valence-electron chi connectivity index (χ2n) is 5.03. The van der Waals surface area contributed by atoms with E-state index in [1.807, 2.05) is 17.0 Å². The Balaban J connectivity index is 0.00000110. The lowest BCUT2D eigenvalue weighted by Gasteiger charge is -2.34. The summed E-state index contributed by atoms with van der Waals surface area (Å²) in [5.74, 6) is 0.845. The van der Waals surface area contributed by atoms with E-state index in [1.54, 1.807) is 6.07 Å². The summed E-state index contributed by atoms with van der Waals surface area (Å²) in [6.07, 6.45) is -1.54. The number of fused-ring (bicyclic) bond motifs is 1. The van der Waals surface area contributed by atoms with Gasteiger partial charge >= 0.3 is 0 Å². The predicted molar refractivity (Wildman–Crippen MR) is 83.3 cm³/mol. The van der Waals surface area contributed by atoms with Crippen molar-refractivity contribution in [3.63, 3.8) is 0 Å². The number of rotatable bonds is 3. The molecule has 3 rings (SSSR count). The molecule has 1 aromatic rings. The number of benzene rings is 1. The Morgan fingerprint density at radius 3 is 2.52 bits per heavy atom. The molecule has 1 fully saturated rings. The Bertz CT molecular complexity index is 457. The number of nitrogens with one attached hydrogen (secondary N) is 1. The van der Waals surface area contributed by atoms with Gasteiger partial charge < -0.3 is 10.1 Å². The van der Waals surface area contributed by atoms with Crippen molar-refractivity contribution in [2.24, 2.45) is 0 Å².